The molecule has 0 fully saturated rings. The Hall–Kier alpha value is -3.34. The molecule has 1 N–H and O–H groups in total. The summed E-state index contributed by atoms with van der Waals surface area (Å²) in [5.41, 5.74) is 5.10. The van der Waals surface area contributed by atoms with E-state index >= 15 is 0 Å². The number of aliphatic imine (C=N–C) groups is 1. The Balaban J connectivity index is 1.78. The van der Waals surface area contributed by atoms with Gasteiger partial charge < -0.3 is 5.32 Å². The van der Waals surface area contributed by atoms with Crippen molar-refractivity contribution in [2.75, 3.05) is 5.32 Å². The maximum absolute atomic E-state index is 12.2. The first-order valence-electron chi connectivity index (χ1n) is 7.63. The van der Waals surface area contributed by atoms with Crippen molar-refractivity contribution in [1.82, 2.24) is 10.2 Å². The van der Waals surface area contributed by atoms with Crippen molar-refractivity contribution < 1.29 is 4.79 Å². The van der Waals surface area contributed by atoms with Gasteiger partial charge in [-0.05, 0) is 29.3 Å². The number of carbonyl (C=O) groups is 1. The molecule has 0 radical (unpaired) electrons. The van der Waals surface area contributed by atoms with Gasteiger partial charge in [0.2, 0.25) is 5.91 Å². The fourth-order valence-corrected chi connectivity index (χ4v) is 2.70. The molecule has 0 saturated carbocycles. The second kappa shape index (κ2) is 6.04. The van der Waals surface area contributed by atoms with E-state index in [4.69, 9.17) is 0 Å². The lowest BCUT2D eigenvalue weighted by atomic mass is 10.0. The van der Waals surface area contributed by atoms with Crippen LogP contribution < -0.4 is 5.32 Å². The van der Waals surface area contributed by atoms with E-state index in [1.54, 1.807) is 12.4 Å². The Labute approximate surface area is 139 Å². The average Bonchev–Trinajstić information content (AvgIpc) is 2.80. The predicted octanol–water partition coefficient (Wildman–Crippen LogP) is 3.61. The highest BCUT2D eigenvalue weighted by Crippen LogP contribution is 2.33. The van der Waals surface area contributed by atoms with Gasteiger partial charge in [-0.2, -0.15) is 10.2 Å². The van der Waals surface area contributed by atoms with Gasteiger partial charge in [0.15, 0.2) is 0 Å². The lowest BCUT2D eigenvalue weighted by Crippen LogP contribution is -2.15. The zero-order valence-corrected chi connectivity index (χ0v) is 12.8. The number of anilines is 1. The van der Waals surface area contributed by atoms with Crippen LogP contribution in [0.3, 0.4) is 0 Å². The summed E-state index contributed by atoms with van der Waals surface area (Å²) < 4.78 is 0. The molecule has 0 spiro atoms. The summed E-state index contributed by atoms with van der Waals surface area (Å²) in [5.74, 6) is -0.0884. The van der Waals surface area contributed by atoms with Crippen molar-refractivity contribution in [1.29, 1.82) is 0 Å². The van der Waals surface area contributed by atoms with Crippen molar-refractivity contribution in [2.24, 2.45) is 4.99 Å². The van der Waals surface area contributed by atoms with Gasteiger partial charge in [0, 0.05) is 5.56 Å². The highest BCUT2D eigenvalue weighted by atomic mass is 16.1. The van der Waals surface area contributed by atoms with Gasteiger partial charge in [-0.1, -0.05) is 36.4 Å². The lowest BCUT2D eigenvalue weighted by molar-refractivity contribution is -0.115. The molecule has 4 rings (SSSR count). The first-order chi connectivity index (χ1) is 11.8. The zero-order chi connectivity index (χ0) is 16.4. The summed E-state index contributed by atoms with van der Waals surface area (Å²) in [4.78, 5) is 16.9. The van der Waals surface area contributed by atoms with E-state index in [9.17, 15) is 4.79 Å². The van der Waals surface area contributed by atoms with Crippen LogP contribution in [-0.4, -0.2) is 21.8 Å². The van der Waals surface area contributed by atoms with Crippen LogP contribution in [0.15, 0.2) is 72.0 Å². The smallest absolute Gasteiger partial charge is 0.230 e. The normalized spacial score (nSPS) is 13.5. The molecule has 0 atom stereocenters. The maximum Gasteiger partial charge on any atom is 0.230 e. The fourth-order valence-electron chi connectivity index (χ4n) is 2.70. The summed E-state index contributed by atoms with van der Waals surface area (Å²) in [6.07, 6.45) is 3.43. The molecule has 0 unspecified atom stereocenters. The molecule has 5 nitrogen and oxygen atoms in total. The van der Waals surface area contributed by atoms with Gasteiger partial charge in [-0.3, -0.25) is 9.79 Å². The number of hydrogen-bond acceptors (Lipinski definition) is 4. The van der Waals surface area contributed by atoms with Crippen LogP contribution in [0.4, 0.5) is 11.4 Å². The Morgan fingerprint density at radius 3 is 2.54 bits per heavy atom. The second-order valence-electron chi connectivity index (χ2n) is 5.51. The molecule has 0 bridgehead atoms. The minimum absolute atomic E-state index is 0.0884. The highest BCUT2D eigenvalue weighted by Gasteiger charge is 2.17. The molecule has 3 aromatic rings. The monoisotopic (exact) mass is 314 g/mol. The number of aromatic nitrogens is 2. The minimum Gasteiger partial charge on any atom is -0.324 e. The number of nitrogens with zero attached hydrogens (tertiary/aromatic N) is 3. The topological polar surface area (TPSA) is 67.2 Å². The van der Waals surface area contributed by atoms with Crippen LogP contribution in [0.5, 0.6) is 0 Å². The molecule has 5 heteroatoms. The quantitative estimate of drug-likeness (QED) is 0.785. The highest BCUT2D eigenvalue weighted by molar-refractivity contribution is 6.16. The summed E-state index contributed by atoms with van der Waals surface area (Å²) in [7, 11) is 0. The van der Waals surface area contributed by atoms with Gasteiger partial charge in [-0.15, -0.1) is 0 Å². The summed E-state index contributed by atoms with van der Waals surface area (Å²) >= 11 is 0. The van der Waals surface area contributed by atoms with E-state index in [2.05, 4.69) is 20.5 Å². The lowest BCUT2D eigenvalue weighted by Gasteiger charge is -2.08. The van der Waals surface area contributed by atoms with Crippen molar-refractivity contribution in [3.05, 3.63) is 72.6 Å². The third-order valence-corrected chi connectivity index (χ3v) is 3.88. The van der Waals surface area contributed by atoms with Crippen LogP contribution in [0.25, 0.3) is 11.1 Å². The molecule has 1 aliphatic heterocycles. The third-order valence-electron chi connectivity index (χ3n) is 3.88. The number of hydrogen-bond donors (Lipinski definition) is 1. The molecule has 24 heavy (non-hydrogen) atoms. The molecular formula is C19H14N4O. The van der Waals surface area contributed by atoms with Crippen molar-refractivity contribution >= 4 is 23.0 Å². The average molecular weight is 314 g/mol. The molecular weight excluding hydrogens is 300 g/mol. The number of fused-ring (bicyclic) bond motifs is 1. The van der Waals surface area contributed by atoms with Crippen LogP contribution in [0.2, 0.25) is 0 Å². The fraction of sp³-hybridized carbons (Fsp3) is 0.0526. The van der Waals surface area contributed by atoms with Gasteiger partial charge in [0.1, 0.15) is 0 Å². The van der Waals surface area contributed by atoms with Gasteiger partial charge in [-0.25, -0.2) is 0 Å². The van der Waals surface area contributed by atoms with Crippen molar-refractivity contribution in [3.63, 3.8) is 0 Å². The first-order valence-corrected chi connectivity index (χ1v) is 7.63. The largest absolute Gasteiger partial charge is 0.324 e. The molecule has 0 saturated heterocycles. The van der Waals surface area contributed by atoms with E-state index < -0.39 is 0 Å². The Morgan fingerprint density at radius 1 is 0.875 bits per heavy atom. The molecule has 1 aliphatic rings. The van der Waals surface area contributed by atoms with Crippen LogP contribution >= 0.6 is 0 Å². The van der Waals surface area contributed by atoms with E-state index in [0.29, 0.717) is 5.71 Å². The van der Waals surface area contributed by atoms with E-state index in [1.807, 2.05) is 54.6 Å². The summed E-state index contributed by atoms with van der Waals surface area (Å²) in [6, 6.07) is 17.7. The van der Waals surface area contributed by atoms with E-state index in [0.717, 1.165) is 28.1 Å². The van der Waals surface area contributed by atoms with Crippen molar-refractivity contribution in [3.8, 4) is 11.1 Å². The summed E-state index contributed by atoms with van der Waals surface area (Å²) in [6.45, 7) is 0. The second-order valence-corrected chi connectivity index (χ2v) is 5.51. The zero-order valence-electron chi connectivity index (χ0n) is 12.8. The number of carbonyl (C=O) groups excluding carboxylic acids is 1. The molecule has 1 aromatic heterocycles. The summed E-state index contributed by atoms with van der Waals surface area (Å²) in [5, 5.41) is 10.6. The molecule has 2 aromatic carbocycles. The Bertz CT molecular complexity index is 921. The van der Waals surface area contributed by atoms with Gasteiger partial charge >= 0.3 is 0 Å². The SMILES string of the molecule is O=C1CC(c2ccnnc2)=Nc2ccc(-c3ccccc3)cc2N1. The van der Waals surface area contributed by atoms with E-state index in [1.165, 1.54) is 0 Å². The molecule has 2 heterocycles. The maximum atomic E-state index is 12.2. The number of nitrogens with one attached hydrogen (secondary N) is 1. The third kappa shape index (κ3) is 2.79. The molecule has 0 aliphatic carbocycles. The Morgan fingerprint density at radius 2 is 1.75 bits per heavy atom. The standard InChI is InChI=1S/C19H14N4O/c24-19-11-17(15-8-9-20-21-12-15)22-16-7-6-14(10-18(16)23-19)13-4-2-1-3-5-13/h1-10,12H,11H2,(H,23,24). The first kappa shape index (κ1) is 14.3. The number of rotatable bonds is 2. The van der Waals surface area contributed by atoms with Gasteiger partial charge in [0.25, 0.3) is 0 Å². The Kier molecular flexibility index (Phi) is 3.59. The van der Waals surface area contributed by atoms with E-state index in [-0.39, 0.29) is 12.3 Å². The molecule has 1 amide bonds. The van der Waals surface area contributed by atoms with Crippen LogP contribution in [-0.2, 0) is 4.79 Å². The molecule has 116 valence electrons. The minimum atomic E-state index is -0.0884. The van der Waals surface area contributed by atoms with Crippen LogP contribution in [0.1, 0.15) is 12.0 Å². The number of benzene rings is 2. The van der Waals surface area contributed by atoms with Gasteiger partial charge in [0.05, 0.1) is 35.9 Å². The number of amides is 1. The predicted molar refractivity (Wildman–Crippen MR) is 93.4 cm³/mol. The van der Waals surface area contributed by atoms with Crippen molar-refractivity contribution in [2.45, 2.75) is 6.42 Å². The van der Waals surface area contributed by atoms with Crippen LogP contribution in [0, 0.1) is 0 Å².